The molecule has 0 saturated carbocycles. The highest BCUT2D eigenvalue weighted by Gasteiger charge is 2.31. The van der Waals surface area contributed by atoms with Crippen LogP contribution in [0.5, 0.6) is 5.75 Å². The fourth-order valence-electron chi connectivity index (χ4n) is 3.75. The number of aromatic nitrogens is 2. The summed E-state index contributed by atoms with van der Waals surface area (Å²) in [6.45, 7) is 0.922. The first kappa shape index (κ1) is 19.7. The molecule has 30 heavy (non-hydrogen) atoms. The molecule has 0 aliphatic carbocycles. The second-order valence-electron chi connectivity index (χ2n) is 7.32. The van der Waals surface area contributed by atoms with E-state index in [1.807, 2.05) is 49.6 Å². The number of carbonyl (C=O) groups is 2. The first-order chi connectivity index (χ1) is 14.6. The molecule has 0 bridgehead atoms. The Morgan fingerprint density at radius 3 is 2.70 bits per heavy atom. The van der Waals surface area contributed by atoms with Gasteiger partial charge in [0.25, 0.3) is 11.8 Å². The van der Waals surface area contributed by atoms with Crippen LogP contribution in [0.3, 0.4) is 0 Å². The van der Waals surface area contributed by atoms with Gasteiger partial charge in [-0.1, -0.05) is 30.3 Å². The topological polar surface area (TPSA) is 85.3 Å². The van der Waals surface area contributed by atoms with Crippen molar-refractivity contribution in [2.75, 3.05) is 20.2 Å². The number of benzene rings is 2. The first-order valence-electron chi connectivity index (χ1n) is 9.90. The van der Waals surface area contributed by atoms with Crippen molar-refractivity contribution in [3.63, 3.8) is 0 Å². The SMILES string of the molecule is CNC(=O)c1cc(C(=O)NCCc2cnn(C)c2)cc2c1OCC2c1ccccc1. The number of carbonyl (C=O) groups excluding carboxylic acids is 2. The predicted molar refractivity (Wildman–Crippen MR) is 113 cm³/mol. The minimum absolute atomic E-state index is 0.0206. The van der Waals surface area contributed by atoms with Gasteiger partial charge in [0.05, 0.1) is 18.4 Å². The number of hydrogen-bond acceptors (Lipinski definition) is 4. The van der Waals surface area contributed by atoms with Gasteiger partial charge in [-0.25, -0.2) is 0 Å². The number of aryl methyl sites for hydroxylation is 1. The third kappa shape index (κ3) is 3.91. The lowest BCUT2D eigenvalue weighted by Gasteiger charge is -2.13. The van der Waals surface area contributed by atoms with Crippen molar-refractivity contribution in [2.45, 2.75) is 12.3 Å². The molecular formula is C23H24N4O3. The zero-order chi connectivity index (χ0) is 21.1. The Kier molecular flexibility index (Phi) is 5.52. The van der Waals surface area contributed by atoms with E-state index in [9.17, 15) is 9.59 Å². The molecule has 2 aromatic carbocycles. The molecule has 1 atom stereocenters. The molecule has 4 rings (SSSR count). The van der Waals surface area contributed by atoms with Gasteiger partial charge < -0.3 is 15.4 Å². The van der Waals surface area contributed by atoms with E-state index in [1.165, 1.54) is 0 Å². The Labute approximate surface area is 175 Å². The highest BCUT2D eigenvalue weighted by molar-refractivity contribution is 6.02. The summed E-state index contributed by atoms with van der Waals surface area (Å²) in [5.41, 5.74) is 3.83. The molecule has 0 saturated heterocycles. The molecule has 1 unspecified atom stereocenters. The Morgan fingerprint density at radius 2 is 2.00 bits per heavy atom. The number of rotatable bonds is 6. The maximum absolute atomic E-state index is 12.8. The minimum Gasteiger partial charge on any atom is -0.491 e. The predicted octanol–water partition coefficient (Wildman–Crippen LogP) is 2.28. The second-order valence-corrected chi connectivity index (χ2v) is 7.32. The highest BCUT2D eigenvalue weighted by Crippen LogP contribution is 2.41. The van der Waals surface area contributed by atoms with Crippen LogP contribution in [0.1, 0.15) is 43.3 Å². The number of hydrogen-bond donors (Lipinski definition) is 2. The summed E-state index contributed by atoms with van der Waals surface area (Å²) in [4.78, 5) is 25.3. The van der Waals surface area contributed by atoms with E-state index in [2.05, 4.69) is 15.7 Å². The Morgan fingerprint density at radius 1 is 1.20 bits per heavy atom. The summed E-state index contributed by atoms with van der Waals surface area (Å²) >= 11 is 0. The summed E-state index contributed by atoms with van der Waals surface area (Å²) in [5.74, 6) is 0.0402. The third-order valence-corrected chi connectivity index (χ3v) is 5.28. The van der Waals surface area contributed by atoms with E-state index in [-0.39, 0.29) is 17.7 Å². The lowest BCUT2D eigenvalue weighted by atomic mass is 9.90. The Balaban J connectivity index is 1.60. The van der Waals surface area contributed by atoms with E-state index in [4.69, 9.17) is 4.74 Å². The van der Waals surface area contributed by atoms with Crippen molar-refractivity contribution in [1.82, 2.24) is 20.4 Å². The third-order valence-electron chi connectivity index (χ3n) is 5.28. The fourth-order valence-corrected chi connectivity index (χ4v) is 3.75. The lowest BCUT2D eigenvalue weighted by Crippen LogP contribution is -2.26. The van der Waals surface area contributed by atoms with Gasteiger partial charge in [-0.15, -0.1) is 0 Å². The van der Waals surface area contributed by atoms with E-state index in [0.29, 0.717) is 36.4 Å². The van der Waals surface area contributed by atoms with Crippen LogP contribution in [0, 0.1) is 0 Å². The standard InChI is InChI=1S/C23H24N4O3/c1-24-23(29)19-11-17(22(28)25-9-8-15-12-26-27(2)13-15)10-18-20(14-30-21(18)19)16-6-4-3-5-7-16/h3-7,10-13,20H,8-9,14H2,1-2H3,(H,24,29)(H,25,28). The van der Waals surface area contributed by atoms with E-state index < -0.39 is 0 Å². The first-order valence-corrected chi connectivity index (χ1v) is 9.90. The van der Waals surface area contributed by atoms with Crippen molar-refractivity contribution in [2.24, 2.45) is 7.05 Å². The number of fused-ring (bicyclic) bond motifs is 1. The zero-order valence-electron chi connectivity index (χ0n) is 17.0. The van der Waals surface area contributed by atoms with Gasteiger partial charge in [0.15, 0.2) is 0 Å². The molecule has 7 nitrogen and oxygen atoms in total. The smallest absolute Gasteiger partial charge is 0.254 e. The van der Waals surface area contributed by atoms with Crippen LogP contribution in [0.15, 0.2) is 54.9 Å². The molecule has 0 spiro atoms. The molecule has 0 fully saturated rings. The van der Waals surface area contributed by atoms with E-state index in [0.717, 1.165) is 16.7 Å². The normalized spacial score (nSPS) is 14.7. The number of ether oxygens (including phenoxy) is 1. The van der Waals surface area contributed by atoms with Gasteiger partial charge in [-0.05, 0) is 29.7 Å². The molecule has 3 aromatic rings. The van der Waals surface area contributed by atoms with Crippen molar-refractivity contribution in [1.29, 1.82) is 0 Å². The molecule has 154 valence electrons. The van der Waals surface area contributed by atoms with Crippen LogP contribution in [0.4, 0.5) is 0 Å². The highest BCUT2D eigenvalue weighted by atomic mass is 16.5. The zero-order valence-corrected chi connectivity index (χ0v) is 17.0. The second kappa shape index (κ2) is 8.41. The van der Waals surface area contributed by atoms with E-state index >= 15 is 0 Å². The van der Waals surface area contributed by atoms with Gasteiger partial charge in [-0.3, -0.25) is 14.3 Å². The van der Waals surface area contributed by atoms with Crippen LogP contribution in [-0.4, -0.2) is 41.8 Å². The number of amides is 2. The molecular weight excluding hydrogens is 380 g/mol. The maximum atomic E-state index is 12.8. The molecule has 2 N–H and O–H groups in total. The largest absolute Gasteiger partial charge is 0.491 e. The molecule has 1 aliphatic rings. The quantitative estimate of drug-likeness (QED) is 0.660. The van der Waals surface area contributed by atoms with Crippen molar-refractivity contribution in [3.8, 4) is 5.75 Å². The van der Waals surface area contributed by atoms with Gasteiger partial charge in [0, 0.05) is 43.9 Å². The molecule has 2 heterocycles. The number of nitrogens with zero attached hydrogens (tertiary/aromatic N) is 2. The van der Waals surface area contributed by atoms with Crippen LogP contribution < -0.4 is 15.4 Å². The monoisotopic (exact) mass is 404 g/mol. The maximum Gasteiger partial charge on any atom is 0.254 e. The average Bonchev–Trinajstić information content (AvgIpc) is 3.39. The minimum atomic E-state index is -0.273. The van der Waals surface area contributed by atoms with Gasteiger partial charge in [-0.2, -0.15) is 5.10 Å². The molecule has 1 aromatic heterocycles. The van der Waals surface area contributed by atoms with Gasteiger partial charge in [0.1, 0.15) is 5.75 Å². The Bertz CT molecular complexity index is 1080. The number of nitrogens with one attached hydrogen (secondary N) is 2. The fraction of sp³-hybridized carbons (Fsp3) is 0.261. The summed E-state index contributed by atoms with van der Waals surface area (Å²) in [6, 6.07) is 13.4. The summed E-state index contributed by atoms with van der Waals surface area (Å²) in [7, 11) is 3.43. The molecule has 0 radical (unpaired) electrons. The van der Waals surface area contributed by atoms with Crippen LogP contribution in [-0.2, 0) is 13.5 Å². The van der Waals surface area contributed by atoms with Crippen LogP contribution >= 0.6 is 0 Å². The van der Waals surface area contributed by atoms with Crippen LogP contribution in [0.25, 0.3) is 0 Å². The van der Waals surface area contributed by atoms with E-state index in [1.54, 1.807) is 24.0 Å². The Hall–Kier alpha value is -3.61. The summed E-state index contributed by atoms with van der Waals surface area (Å²) in [5, 5.41) is 9.71. The molecule has 2 amide bonds. The average molecular weight is 404 g/mol. The van der Waals surface area contributed by atoms with Gasteiger partial charge >= 0.3 is 0 Å². The van der Waals surface area contributed by atoms with Crippen LogP contribution in [0.2, 0.25) is 0 Å². The van der Waals surface area contributed by atoms with Crippen molar-refractivity contribution >= 4 is 11.8 Å². The molecule has 7 heteroatoms. The van der Waals surface area contributed by atoms with Crippen molar-refractivity contribution < 1.29 is 14.3 Å². The molecule has 1 aliphatic heterocycles. The summed E-state index contributed by atoms with van der Waals surface area (Å²) < 4.78 is 7.63. The van der Waals surface area contributed by atoms with Crippen molar-refractivity contribution in [3.05, 3.63) is 82.7 Å². The summed E-state index contributed by atoms with van der Waals surface area (Å²) in [6.07, 6.45) is 4.39. The van der Waals surface area contributed by atoms with Gasteiger partial charge in [0.2, 0.25) is 0 Å². The lowest BCUT2D eigenvalue weighted by molar-refractivity contribution is 0.0954.